The molecule has 3 nitrogen and oxygen atoms in total. The quantitative estimate of drug-likeness (QED) is 0.577. The molecule has 2 unspecified atom stereocenters. The summed E-state index contributed by atoms with van der Waals surface area (Å²) < 4.78 is 0. The van der Waals surface area contributed by atoms with E-state index in [2.05, 4.69) is 17.5 Å². The number of rotatable bonds is 0. The summed E-state index contributed by atoms with van der Waals surface area (Å²) in [4.78, 5) is 0. The van der Waals surface area contributed by atoms with Crippen molar-refractivity contribution >= 4 is 0 Å². The van der Waals surface area contributed by atoms with Crippen molar-refractivity contribution < 1.29 is 0 Å². The zero-order chi connectivity index (χ0) is 9.31. The van der Waals surface area contributed by atoms with E-state index in [1.165, 1.54) is 0 Å². The monoisotopic (exact) mass is 175 g/mol. The van der Waals surface area contributed by atoms with Gasteiger partial charge in [-0.25, -0.2) is 0 Å². The van der Waals surface area contributed by atoms with Crippen LogP contribution in [0.4, 0.5) is 0 Å². The first kappa shape index (κ1) is 8.33. The second-order valence-corrected chi connectivity index (χ2v) is 3.73. The smallest absolute Gasteiger partial charge is 0.175 e. The van der Waals surface area contributed by atoms with Crippen LogP contribution in [0.1, 0.15) is 19.3 Å². The molecule has 2 aliphatic rings. The standard InChI is InChI=1S/C10H13N3/c11-7-10(12)6-5-8-3-1-2-4-9(8)13-10/h1-2,4,8,13H,3,5-6,12H2. The lowest BCUT2D eigenvalue weighted by molar-refractivity contribution is 0.311. The van der Waals surface area contributed by atoms with Crippen LogP contribution in [0.25, 0.3) is 0 Å². The molecule has 0 aromatic rings. The Balaban J connectivity index is 2.20. The molecule has 2 atom stereocenters. The van der Waals surface area contributed by atoms with Gasteiger partial charge in [-0.1, -0.05) is 12.2 Å². The Morgan fingerprint density at radius 1 is 1.69 bits per heavy atom. The number of hydrogen-bond donors (Lipinski definition) is 2. The summed E-state index contributed by atoms with van der Waals surface area (Å²) in [6.07, 6.45) is 9.01. The number of hydrogen-bond acceptors (Lipinski definition) is 3. The van der Waals surface area contributed by atoms with Crippen LogP contribution in [0.3, 0.4) is 0 Å². The molecule has 2 rings (SSSR count). The number of nitrogens with two attached hydrogens (primary N) is 1. The van der Waals surface area contributed by atoms with Crippen LogP contribution < -0.4 is 11.1 Å². The highest BCUT2D eigenvalue weighted by molar-refractivity contribution is 5.25. The lowest BCUT2D eigenvalue weighted by atomic mass is 9.84. The second kappa shape index (κ2) is 2.90. The van der Waals surface area contributed by atoms with Gasteiger partial charge in [0.2, 0.25) is 0 Å². The molecule has 1 fully saturated rings. The van der Waals surface area contributed by atoms with Gasteiger partial charge in [-0.15, -0.1) is 0 Å². The molecule has 3 heteroatoms. The summed E-state index contributed by atoms with van der Waals surface area (Å²) in [5.41, 5.74) is 6.11. The topological polar surface area (TPSA) is 61.8 Å². The molecule has 0 amide bonds. The van der Waals surface area contributed by atoms with Gasteiger partial charge in [0, 0.05) is 11.6 Å². The van der Waals surface area contributed by atoms with Crippen LogP contribution in [-0.2, 0) is 0 Å². The molecule has 0 bridgehead atoms. The highest BCUT2D eigenvalue weighted by Gasteiger charge is 2.33. The van der Waals surface area contributed by atoms with E-state index in [0.717, 1.165) is 25.0 Å². The van der Waals surface area contributed by atoms with E-state index in [1.807, 2.05) is 12.2 Å². The summed E-state index contributed by atoms with van der Waals surface area (Å²) in [5, 5.41) is 12.0. The molecule has 0 aromatic heterocycles. The van der Waals surface area contributed by atoms with Gasteiger partial charge < -0.3 is 5.32 Å². The SMILES string of the molecule is N#CC1(N)CCC2CC=CC=C2N1. The lowest BCUT2D eigenvalue weighted by Crippen LogP contribution is -2.55. The van der Waals surface area contributed by atoms with Crippen molar-refractivity contribution in [3.63, 3.8) is 0 Å². The third-order valence-electron chi connectivity index (χ3n) is 2.73. The first-order valence-corrected chi connectivity index (χ1v) is 4.58. The minimum Gasteiger partial charge on any atom is -0.359 e. The second-order valence-electron chi connectivity index (χ2n) is 3.73. The van der Waals surface area contributed by atoms with E-state index in [1.54, 1.807) is 0 Å². The number of nitriles is 1. The van der Waals surface area contributed by atoms with Crippen molar-refractivity contribution in [3.05, 3.63) is 23.9 Å². The third-order valence-corrected chi connectivity index (χ3v) is 2.73. The van der Waals surface area contributed by atoms with Crippen LogP contribution in [0, 0.1) is 17.2 Å². The van der Waals surface area contributed by atoms with Crippen LogP contribution in [0.5, 0.6) is 0 Å². The minimum atomic E-state index is -0.840. The molecule has 3 N–H and O–H groups in total. The normalized spacial score (nSPS) is 36.9. The number of nitrogens with zero attached hydrogens (tertiary/aromatic N) is 1. The van der Waals surface area contributed by atoms with Gasteiger partial charge in [0.1, 0.15) is 6.07 Å². The van der Waals surface area contributed by atoms with Crippen LogP contribution in [0.15, 0.2) is 23.9 Å². The van der Waals surface area contributed by atoms with E-state index >= 15 is 0 Å². The molecule has 1 aliphatic heterocycles. The van der Waals surface area contributed by atoms with Gasteiger partial charge in [-0.05, 0) is 25.3 Å². The van der Waals surface area contributed by atoms with Gasteiger partial charge in [0.25, 0.3) is 0 Å². The number of fused-ring (bicyclic) bond motifs is 1. The van der Waals surface area contributed by atoms with Crippen molar-refractivity contribution in [2.75, 3.05) is 0 Å². The maximum atomic E-state index is 8.86. The van der Waals surface area contributed by atoms with E-state index in [-0.39, 0.29) is 0 Å². The fourth-order valence-electron chi connectivity index (χ4n) is 1.90. The van der Waals surface area contributed by atoms with Crippen molar-refractivity contribution in [1.29, 1.82) is 5.26 Å². The molecule has 68 valence electrons. The fourth-order valence-corrected chi connectivity index (χ4v) is 1.90. The van der Waals surface area contributed by atoms with Crippen molar-refractivity contribution in [1.82, 2.24) is 5.32 Å². The van der Waals surface area contributed by atoms with Crippen molar-refractivity contribution in [3.8, 4) is 6.07 Å². The van der Waals surface area contributed by atoms with Gasteiger partial charge in [0.05, 0.1) is 0 Å². The first-order valence-electron chi connectivity index (χ1n) is 4.58. The highest BCUT2D eigenvalue weighted by atomic mass is 15.1. The average molecular weight is 175 g/mol. The first-order chi connectivity index (χ1) is 6.23. The molecule has 0 saturated carbocycles. The predicted molar refractivity (Wildman–Crippen MR) is 50.2 cm³/mol. The maximum absolute atomic E-state index is 8.86. The zero-order valence-electron chi connectivity index (χ0n) is 7.46. The van der Waals surface area contributed by atoms with Gasteiger partial charge in [-0.2, -0.15) is 5.26 Å². The summed E-state index contributed by atoms with van der Waals surface area (Å²) in [7, 11) is 0. The highest BCUT2D eigenvalue weighted by Crippen LogP contribution is 2.30. The van der Waals surface area contributed by atoms with Crippen LogP contribution >= 0.6 is 0 Å². The molecular weight excluding hydrogens is 162 g/mol. The number of piperidine rings is 1. The Morgan fingerprint density at radius 2 is 2.54 bits per heavy atom. The Morgan fingerprint density at radius 3 is 3.31 bits per heavy atom. The zero-order valence-corrected chi connectivity index (χ0v) is 7.46. The van der Waals surface area contributed by atoms with E-state index < -0.39 is 5.66 Å². The molecular formula is C10H13N3. The van der Waals surface area contributed by atoms with Crippen LogP contribution in [0.2, 0.25) is 0 Å². The van der Waals surface area contributed by atoms with Crippen LogP contribution in [-0.4, -0.2) is 5.66 Å². The van der Waals surface area contributed by atoms with Gasteiger partial charge in [0.15, 0.2) is 5.66 Å². The maximum Gasteiger partial charge on any atom is 0.175 e. The molecule has 0 aromatic carbocycles. The van der Waals surface area contributed by atoms with Gasteiger partial charge in [-0.3, -0.25) is 5.73 Å². The fraction of sp³-hybridized carbons (Fsp3) is 0.500. The average Bonchev–Trinajstić information content (AvgIpc) is 2.18. The number of allylic oxidation sites excluding steroid dienone is 4. The Hall–Kier alpha value is -1.27. The van der Waals surface area contributed by atoms with Gasteiger partial charge >= 0.3 is 0 Å². The largest absolute Gasteiger partial charge is 0.359 e. The van der Waals surface area contributed by atoms with E-state index in [9.17, 15) is 0 Å². The molecule has 1 saturated heterocycles. The minimum absolute atomic E-state index is 0.551. The molecule has 1 aliphatic carbocycles. The summed E-state index contributed by atoms with van der Waals surface area (Å²) >= 11 is 0. The Kier molecular flexibility index (Phi) is 1.86. The molecule has 1 heterocycles. The number of nitrogens with one attached hydrogen (secondary N) is 1. The third kappa shape index (κ3) is 1.45. The summed E-state index contributed by atoms with van der Waals surface area (Å²) in [5.74, 6) is 0.551. The summed E-state index contributed by atoms with van der Waals surface area (Å²) in [6, 6.07) is 2.12. The lowest BCUT2D eigenvalue weighted by Gasteiger charge is -2.36. The predicted octanol–water partition coefficient (Wildman–Crippen LogP) is 1.01. The summed E-state index contributed by atoms with van der Waals surface area (Å²) in [6.45, 7) is 0. The van der Waals surface area contributed by atoms with E-state index in [4.69, 9.17) is 11.0 Å². The molecule has 0 spiro atoms. The van der Waals surface area contributed by atoms with Crippen molar-refractivity contribution in [2.45, 2.75) is 24.9 Å². The van der Waals surface area contributed by atoms with E-state index in [0.29, 0.717) is 5.92 Å². The molecule has 13 heavy (non-hydrogen) atoms. The van der Waals surface area contributed by atoms with Crippen molar-refractivity contribution in [2.24, 2.45) is 11.7 Å². The Labute approximate surface area is 77.9 Å². The Bertz CT molecular complexity index is 311. The molecule has 0 radical (unpaired) electrons.